The number of piperidine rings is 1. The topological polar surface area (TPSA) is 57.5 Å². The van der Waals surface area contributed by atoms with Gasteiger partial charge in [0.25, 0.3) is 0 Å². The zero-order valence-corrected chi connectivity index (χ0v) is 18.7. The molecule has 0 radical (unpaired) electrons. The molecule has 2 aromatic rings. The molecule has 5 heteroatoms. The highest BCUT2D eigenvalue weighted by Crippen LogP contribution is 2.36. The minimum atomic E-state index is -0.963. The molecule has 1 saturated carbocycles. The summed E-state index contributed by atoms with van der Waals surface area (Å²) >= 11 is 0. The van der Waals surface area contributed by atoms with Crippen LogP contribution >= 0.6 is 0 Å². The second-order valence-corrected chi connectivity index (χ2v) is 9.81. The van der Waals surface area contributed by atoms with Crippen LogP contribution in [0.3, 0.4) is 0 Å². The molecule has 5 nitrogen and oxygen atoms in total. The van der Waals surface area contributed by atoms with E-state index in [1.165, 1.54) is 42.1 Å². The molecule has 0 unspecified atom stereocenters. The highest BCUT2D eigenvalue weighted by Gasteiger charge is 2.31. The SMILES string of the molecule is Cc1ccc2c(c1)cc(CNC(=O)O)n2C1CCN([C@H]2CC[C@@H](C(C)C)CC2)CC1. The Morgan fingerprint density at radius 3 is 2.40 bits per heavy atom. The van der Waals surface area contributed by atoms with Crippen molar-refractivity contribution in [3.63, 3.8) is 0 Å². The number of hydrogen-bond donors (Lipinski definition) is 2. The van der Waals surface area contributed by atoms with Gasteiger partial charge in [-0.15, -0.1) is 0 Å². The quantitative estimate of drug-likeness (QED) is 0.676. The monoisotopic (exact) mass is 411 g/mol. The van der Waals surface area contributed by atoms with E-state index in [0.29, 0.717) is 12.6 Å². The van der Waals surface area contributed by atoms with Crippen molar-refractivity contribution in [2.75, 3.05) is 13.1 Å². The zero-order valence-electron chi connectivity index (χ0n) is 18.7. The summed E-state index contributed by atoms with van der Waals surface area (Å²) in [6.07, 6.45) is 6.79. The number of carbonyl (C=O) groups is 1. The van der Waals surface area contributed by atoms with Crippen LogP contribution in [0, 0.1) is 18.8 Å². The average molecular weight is 412 g/mol. The van der Waals surface area contributed by atoms with Gasteiger partial charge in [-0.1, -0.05) is 25.5 Å². The number of fused-ring (bicyclic) bond motifs is 1. The van der Waals surface area contributed by atoms with Crippen molar-refractivity contribution < 1.29 is 9.90 Å². The van der Waals surface area contributed by atoms with Crippen molar-refractivity contribution in [2.45, 2.75) is 77.9 Å². The van der Waals surface area contributed by atoms with Crippen LogP contribution in [0.1, 0.15) is 69.7 Å². The highest BCUT2D eigenvalue weighted by atomic mass is 16.4. The molecule has 30 heavy (non-hydrogen) atoms. The van der Waals surface area contributed by atoms with E-state index in [2.05, 4.69) is 59.8 Å². The summed E-state index contributed by atoms with van der Waals surface area (Å²) in [5.41, 5.74) is 3.55. The van der Waals surface area contributed by atoms with E-state index in [1.807, 2.05) is 0 Å². The Labute approximate surface area is 180 Å². The number of aromatic nitrogens is 1. The molecular formula is C25H37N3O2. The van der Waals surface area contributed by atoms with E-state index >= 15 is 0 Å². The number of benzene rings is 1. The lowest BCUT2D eigenvalue weighted by Gasteiger charge is -2.42. The first-order valence-corrected chi connectivity index (χ1v) is 11.7. The van der Waals surface area contributed by atoms with Crippen LogP contribution in [-0.2, 0) is 6.54 Å². The first-order valence-electron chi connectivity index (χ1n) is 11.7. The molecule has 2 N–H and O–H groups in total. The van der Waals surface area contributed by atoms with Gasteiger partial charge in [0.15, 0.2) is 0 Å². The van der Waals surface area contributed by atoms with Gasteiger partial charge >= 0.3 is 6.09 Å². The van der Waals surface area contributed by atoms with Crippen molar-refractivity contribution in [3.8, 4) is 0 Å². The third-order valence-electron chi connectivity index (χ3n) is 7.56. The van der Waals surface area contributed by atoms with Crippen LogP contribution in [0.4, 0.5) is 4.79 Å². The molecule has 2 aliphatic rings. The maximum Gasteiger partial charge on any atom is 0.404 e. The normalized spacial score (nSPS) is 23.9. The van der Waals surface area contributed by atoms with Crippen molar-refractivity contribution in [1.82, 2.24) is 14.8 Å². The lowest BCUT2D eigenvalue weighted by atomic mass is 9.79. The number of hydrogen-bond acceptors (Lipinski definition) is 2. The predicted octanol–water partition coefficient (Wildman–Crippen LogP) is 5.57. The number of nitrogens with zero attached hydrogens (tertiary/aromatic N) is 2. The van der Waals surface area contributed by atoms with Crippen LogP contribution < -0.4 is 5.32 Å². The maximum absolute atomic E-state index is 11.1. The molecule has 4 rings (SSSR count). The summed E-state index contributed by atoms with van der Waals surface area (Å²) in [6, 6.07) is 9.94. The van der Waals surface area contributed by atoms with Gasteiger partial charge in [0, 0.05) is 41.8 Å². The molecule has 1 aromatic heterocycles. The van der Waals surface area contributed by atoms with E-state index < -0.39 is 6.09 Å². The van der Waals surface area contributed by atoms with Gasteiger partial charge < -0.3 is 19.9 Å². The molecule has 2 fully saturated rings. The summed E-state index contributed by atoms with van der Waals surface area (Å²) in [5.74, 6) is 1.73. The average Bonchev–Trinajstić information content (AvgIpc) is 3.09. The van der Waals surface area contributed by atoms with E-state index in [0.717, 1.165) is 49.5 Å². The van der Waals surface area contributed by atoms with Crippen LogP contribution in [0.2, 0.25) is 0 Å². The Balaban J connectivity index is 1.46. The molecule has 1 aliphatic heterocycles. The minimum absolute atomic E-state index is 0.364. The highest BCUT2D eigenvalue weighted by molar-refractivity contribution is 5.82. The summed E-state index contributed by atoms with van der Waals surface area (Å²) in [7, 11) is 0. The van der Waals surface area contributed by atoms with Gasteiger partial charge in [-0.25, -0.2) is 4.79 Å². The fourth-order valence-electron chi connectivity index (χ4n) is 5.79. The first-order chi connectivity index (χ1) is 14.4. The second kappa shape index (κ2) is 9.01. The number of amides is 1. The summed E-state index contributed by atoms with van der Waals surface area (Å²) in [5, 5.41) is 12.9. The summed E-state index contributed by atoms with van der Waals surface area (Å²) in [6.45, 7) is 9.52. The van der Waals surface area contributed by atoms with Crippen molar-refractivity contribution >= 4 is 17.0 Å². The fraction of sp³-hybridized carbons (Fsp3) is 0.640. The number of rotatable bonds is 5. The van der Waals surface area contributed by atoms with Crippen molar-refractivity contribution in [2.24, 2.45) is 11.8 Å². The lowest BCUT2D eigenvalue weighted by molar-refractivity contribution is 0.0889. The molecule has 1 amide bonds. The van der Waals surface area contributed by atoms with Crippen molar-refractivity contribution in [1.29, 1.82) is 0 Å². The molecule has 164 valence electrons. The third-order valence-corrected chi connectivity index (χ3v) is 7.56. The van der Waals surface area contributed by atoms with Gasteiger partial charge in [-0.2, -0.15) is 0 Å². The number of likely N-dealkylation sites (tertiary alicyclic amines) is 1. The van der Waals surface area contributed by atoms with Gasteiger partial charge in [-0.3, -0.25) is 0 Å². The molecule has 2 heterocycles. The molecular weight excluding hydrogens is 374 g/mol. The molecule has 0 spiro atoms. The molecule has 1 saturated heterocycles. The largest absolute Gasteiger partial charge is 0.465 e. The standard InChI is InChI=1S/C25H37N3O2/c1-17(2)19-5-7-21(8-6-19)27-12-10-22(11-13-27)28-23(16-26-25(29)30)15-20-14-18(3)4-9-24(20)28/h4,9,14-15,17,19,21-22,26H,5-8,10-13,16H2,1-3H3,(H,29,30)/t19-,21+. The molecule has 1 aromatic carbocycles. The Bertz CT molecular complexity index is 872. The van der Waals surface area contributed by atoms with Crippen LogP contribution in [0.15, 0.2) is 24.3 Å². The lowest BCUT2D eigenvalue weighted by Crippen LogP contribution is -2.44. The summed E-state index contributed by atoms with van der Waals surface area (Å²) in [4.78, 5) is 13.8. The number of nitrogens with one attached hydrogen (secondary N) is 1. The van der Waals surface area contributed by atoms with Crippen molar-refractivity contribution in [3.05, 3.63) is 35.5 Å². The zero-order chi connectivity index (χ0) is 21.3. The Morgan fingerprint density at radius 1 is 1.07 bits per heavy atom. The smallest absolute Gasteiger partial charge is 0.404 e. The van der Waals surface area contributed by atoms with E-state index in [4.69, 9.17) is 5.11 Å². The van der Waals surface area contributed by atoms with Crippen LogP contribution in [-0.4, -0.2) is 39.8 Å². The Morgan fingerprint density at radius 2 is 1.77 bits per heavy atom. The molecule has 0 bridgehead atoms. The van der Waals surface area contributed by atoms with Crippen LogP contribution in [0.25, 0.3) is 10.9 Å². The Kier molecular flexibility index (Phi) is 6.37. The maximum atomic E-state index is 11.1. The molecule has 0 atom stereocenters. The van der Waals surface area contributed by atoms with Crippen LogP contribution in [0.5, 0.6) is 0 Å². The predicted molar refractivity (Wildman–Crippen MR) is 122 cm³/mol. The second-order valence-electron chi connectivity index (χ2n) is 9.81. The summed E-state index contributed by atoms with van der Waals surface area (Å²) < 4.78 is 2.41. The van der Waals surface area contributed by atoms with Gasteiger partial charge in [0.2, 0.25) is 0 Å². The Hall–Kier alpha value is -2.01. The fourth-order valence-corrected chi connectivity index (χ4v) is 5.79. The van der Waals surface area contributed by atoms with E-state index in [1.54, 1.807) is 0 Å². The van der Waals surface area contributed by atoms with E-state index in [9.17, 15) is 4.79 Å². The minimum Gasteiger partial charge on any atom is -0.465 e. The molecule has 1 aliphatic carbocycles. The van der Waals surface area contributed by atoms with E-state index in [-0.39, 0.29) is 0 Å². The van der Waals surface area contributed by atoms with Gasteiger partial charge in [0.05, 0.1) is 6.54 Å². The first kappa shape index (κ1) is 21.2. The number of aryl methyl sites for hydroxylation is 1. The van der Waals surface area contributed by atoms with Gasteiger partial charge in [-0.05, 0) is 75.5 Å². The number of carboxylic acid groups (broad SMARTS) is 1. The van der Waals surface area contributed by atoms with Gasteiger partial charge in [0.1, 0.15) is 0 Å². The third kappa shape index (κ3) is 4.51.